The Hall–Kier alpha value is -2.95. The molecule has 0 bridgehead atoms. The van der Waals surface area contributed by atoms with Gasteiger partial charge in [0.05, 0.1) is 18.9 Å². The molecule has 2 aromatic carbocycles. The topological polar surface area (TPSA) is 49.3 Å². The lowest BCUT2D eigenvalue weighted by Crippen LogP contribution is -2.16. The van der Waals surface area contributed by atoms with E-state index >= 15 is 0 Å². The van der Waals surface area contributed by atoms with E-state index in [0.717, 1.165) is 40.4 Å². The lowest BCUT2D eigenvalue weighted by molar-refractivity contribution is 0.176. The quantitative estimate of drug-likeness (QED) is 0.286. The summed E-state index contributed by atoms with van der Waals surface area (Å²) >= 11 is 0. The minimum atomic E-state index is 0.0394. The predicted molar refractivity (Wildman–Crippen MR) is 117 cm³/mol. The van der Waals surface area contributed by atoms with Crippen LogP contribution >= 0.6 is 0 Å². The van der Waals surface area contributed by atoms with Crippen molar-refractivity contribution in [2.24, 2.45) is 5.16 Å². The molecule has 0 fully saturated rings. The van der Waals surface area contributed by atoms with Crippen molar-refractivity contribution in [2.45, 2.75) is 40.2 Å². The van der Waals surface area contributed by atoms with Crippen molar-refractivity contribution in [1.29, 1.82) is 0 Å². The fourth-order valence-corrected chi connectivity index (χ4v) is 2.83. The largest absolute Gasteiger partial charge is 0.493 e. The number of hydrogen-bond donors (Lipinski definition) is 0. The van der Waals surface area contributed by atoms with E-state index in [0.29, 0.717) is 13.2 Å². The summed E-state index contributed by atoms with van der Waals surface area (Å²) in [5, 5.41) is 3.75. The Labute approximate surface area is 173 Å². The first kappa shape index (κ1) is 22.3. The number of ether oxygens (including phenoxy) is 3. The van der Waals surface area contributed by atoms with E-state index in [1.165, 1.54) is 7.11 Å². The number of hydrogen-bond acceptors (Lipinski definition) is 5. The molecule has 1 atom stereocenters. The van der Waals surface area contributed by atoms with Gasteiger partial charge in [0.2, 0.25) is 0 Å². The molecule has 0 spiro atoms. The molecule has 0 aliphatic heterocycles. The van der Waals surface area contributed by atoms with E-state index < -0.39 is 0 Å². The summed E-state index contributed by atoms with van der Waals surface area (Å²) in [4.78, 5) is 4.68. The van der Waals surface area contributed by atoms with Crippen LogP contribution in [0.4, 0.5) is 0 Å². The van der Waals surface area contributed by atoms with Crippen molar-refractivity contribution in [1.82, 2.24) is 0 Å². The fourth-order valence-electron chi connectivity index (χ4n) is 2.83. The molecule has 2 aromatic rings. The number of rotatable bonds is 11. The summed E-state index contributed by atoms with van der Waals surface area (Å²) in [6, 6.07) is 11.8. The van der Waals surface area contributed by atoms with Crippen LogP contribution in [-0.2, 0) is 4.84 Å². The Morgan fingerprint density at radius 1 is 1.00 bits per heavy atom. The summed E-state index contributed by atoms with van der Waals surface area (Å²) in [6.45, 7) is 9.26. The molecule has 0 radical (unpaired) electrons. The first-order valence-electron chi connectivity index (χ1n) is 9.84. The second-order valence-electron chi connectivity index (χ2n) is 6.82. The fraction of sp³-hybridized carbons (Fsp3) is 0.375. The smallest absolute Gasteiger partial charge is 0.125 e. The van der Waals surface area contributed by atoms with Gasteiger partial charge in [-0.25, -0.2) is 0 Å². The first-order chi connectivity index (χ1) is 14.0. The molecular weight excluding hydrogens is 366 g/mol. The van der Waals surface area contributed by atoms with Crippen molar-refractivity contribution in [3.63, 3.8) is 0 Å². The van der Waals surface area contributed by atoms with Gasteiger partial charge in [0.1, 0.15) is 31.0 Å². The Morgan fingerprint density at radius 3 is 2.31 bits per heavy atom. The van der Waals surface area contributed by atoms with Crippen LogP contribution in [0.1, 0.15) is 37.0 Å². The zero-order chi connectivity index (χ0) is 21.1. The van der Waals surface area contributed by atoms with Gasteiger partial charge in [0.15, 0.2) is 0 Å². The van der Waals surface area contributed by atoms with Gasteiger partial charge < -0.3 is 19.0 Å². The lowest BCUT2D eigenvalue weighted by Gasteiger charge is -2.17. The van der Waals surface area contributed by atoms with Crippen molar-refractivity contribution in [3.05, 3.63) is 65.2 Å². The van der Waals surface area contributed by atoms with Gasteiger partial charge in [-0.2, -0.15) is 0 Å². The SMILES string of the molecule is C/C=C/COc1cc(C)c(OCCC(C)Oc2ccc(/C=N/OC)cc2)c(C)c1. The third-order valence-electron chi connectivity index (χ3n) is 4.31. The van der Waals surface area contributed by atoms with E-state index in [9.17, 15) is 0 Å². The highest BCUT2D eigenvalue weighted by atomic mass is 16.6. The van der Waals surface area contributed by atoms with Crippen LogP contribution in [0.15, 0.2) is 53.7 Å². The standard InChI is InChI=1S/C24H31NO4/c1-6-7-13-27-23-15-18(2)24(19(3)16-23)28-14-12-20(4)29-22-10-8-21(9-11-22)17-25-26-5/h6-11,15-17,20H,12-14H2,1-5H3/b7-6+,25-17+. The van der Waals surface area contributed by atoms with Crippen molar-refractivity contribution < 1.29 is 19.0 Å². The van der Waals surface area contributed by atoms with Crippen LogP contribution in [0.25, 0.3) is 0 Å². The number of allylic oxidation sites excluding steroid dienone is 1. The molecule has 0 aliphatic rings. The summed E-state index contributed by atoms with van der Waals surface area (Å²) in [7, 11) is 1.52. The number of benzene rings is 2. The maximum atomic E-state index is 6.04. The van der Waals surface area contributed by atoms with Crippen molar-refractivity contribution in [2.75, 3.05) is 20.3 Å². The third kappa shape index (κ3) is 7.53. The highest BCUT2D eigenvalue weighted by Gasteiger charge is 2.09. The highest BCUT2D eigenvalue weighted by molar-refractivity contribution is 5.79. The summed E-state index contributed by atoms with van der Waals surface area (Å²) in [6.07, 6.45) is 6.44. The average Bonchev–Trinajstić information content (AvgIpc) is 2.70. The van der Waals surface area contributed by atoms with Crippen molar-refractivity contribution >= 4 is 6.21 Å². The van der Waals surface area contributed by atoms with Gasteiger partial charge in [0.25, 0.3) is 0 Å². The van der Waals surface area contributed by atoms with Crippen LogP contribution in [0.5, 0.6) is 17.2 Å². The molecule has 29 heavy (non-hydrogen) atoms. The number of oxime groups is 1. The molecule has 5 heteroatoms. The van der Waals surface area contributed by atoms with Gasteiger partial charge in [0, 0.05) is 6.42 Å². The van der Waals surface area contributed by atoms with Gasteiger partial charge in [-0.3, -0.25) is 0 Å². The normalized spacial score (nSPS) is 12.3. The van der Waals surface area contributed by atoms with E-state index in [4.69, 9.17) is 14.2 Å². The lowest BCUT2D eigenvalue weighted by atomic mass is 10.1. The Kier molecular flexibility index (Phi) is 9.09. The molecule has 0 saturated carbocycles. The van der Waals surface area contributed by atoms with E-state index in [-0.39, 0.29) is 6.10 Å². The monoisotopic (exact) mass is 397 g/mol. The molecule has 0 aliphatic carbocycles. The van der Waals surface area contributed by atoms with Gasteiger partial charge >= 0.3 is 0 Å². The predicted octanol–water partition coefficient (Wildman–Crippen LogP) is 5.48. The highest BCUT2D eigenvalue weighted by Crippen LogP contribution is 2.28. The molecule has 0 N–H and O–H groups in total. The maximum absolute atomic E-state index is 6.04. The van der Waals surface area contributed by atoms with Crippen LogP contribution in [-0.4, -0.2) is 32.6 Å². The molecular formula is C24H31NO4. The summed E-state index contributed by atoms with van der Waals surface area (Å²) in [5.41, 5.74) is 3.10. The molecule has 0 aromatic heterocycles. The first-order valence-corrected chi connectivity index (χ1v) is 9.84. The molecule has 2 rings (SSSR count). The van der Waals surface area contributed by atoms with Crippen LogP contribution in [0.3, 0.4) is 0 Å². The van der Waals surface area contributed by atoms with E-state index in [1.54, 1.807) is 6.21 Å². The Morgan fingerprint density at radius 2 is 1.69 bits per heavy atom. The molecule has 0 saturated heterocycles. The molecule has 1 unspecified atom stereocenters. The minimum absolute atomic E-state index is 0.0394. The van der Waals surface area contributed by atoms with Crippen LogP contribution in [0, 0.1) is 13.8 Å². The van der Waals surface area contributed by atoms with Gasteiger partial charge in [-0.15, -0.1) is 0 Å². The minimum Gasteiger partial charge on any atom is -0.493 e. The second kappa shape index (κ2) is 11.8. The number of nitrogens with zero attached hydrogens (tertiary/aromatic N) is 1. The molecule has 0 amide bonds. The molecule has 5 nitrogen and oxygen atoms in total. The Balaban J connectivity index is 1.83. The summed E-state index contributed by atoms with van der Waals surface area (Å²) < 4.78 is 17.7. The van der Waals surface area contributed by atoms with Gasteiger partial charge in [-0.05, 0) is 80.8 Å². The summed E-state index contributed by atoms with van der Waals surface area (Å²) in [5.74, 6) is 2.60. The molecule has 0 heterocycles. The van der Waals surface area contributed by atoms with Crippen LogP contribution in [0.2, 0.25) is 0 Å². The zero-order valence-electron chi connectivity index (χ0n) is 18.0. The molecule has 156 valence electrons. The maximum Gasteiger partial charge on any atom is 0.125 e. The van der Waals surface area contributed by atoms with E-state index in [2.05, 4.69) is 9.99 Å². The Bertz CT molecular complexity index is 789. The van der Waals surface area contributed by atoms with Crippen molar-refractivity contribution in [3.8, 4) is 17.2 Å². The second-order valence-corrected chi connectivity index (χ2v) is 6.82. The van der Waals surface area contributed by atoms with E-state index in [1.807, 2.05) is 76.2 Å². The van der Waals surface area contributed by atoms with Gasteiger partial charge in [-0.1, -0.05) is 17.3 Å². The number of aryl methyl sites for hydroxylation is 2. The van der Waals surface area contributed by atoms with Crippen LogP contribution < -0.4 is 14.2 Å². The third-order valence-corrected chi connectivity index (χ3v) is 4.31. The average molecular weight is 398 g/mol. The zero-order valence-corrected chi connectivity index (χ0v) is 18.0.